The Bertz CT molecular complexity index is 407. The standard InChI is InChI=1S/C17H27NO2/c1-16(2)13(6-14(16)19)18-15(20)17-7-10-3-11(8-17)5-12(4-10)9-17/h10-14,19H,3-9H2,1-2H3,(H,18,20). The fourth-order valence-electron chi connectivity index (χ4n) is 5.85. The topological polar surface area (TPSA) is 49.3 Å². The number of aliphatic hydroxyl groups is 1. The fraction of sp³-hybridized carbons (Fsp3) is 0.941. The number of carbonyl (C=O) groups excluding carboxylic acids is 1. The predicted octanol–water partition coefficient (Wildman–Crippen LogP) is 2.48. The van der Waals surface area contributed by atoms with Crippen LogP contribution in [0.15, 0.2) is 0 Å². The summed E-state index contributed by atoms with van der Waals surface area (Å²) in [6.07, 6.45) is 7.97. The molecule has 5 fully saturated rings. The van der Waals surface area contributed by atoms with Gasteiger partial charge in [-0.05, 0) is 62.7 Å². The van der Waals surface area contributed by atoms with Crippen molar-refractivity contribution in [3.05, 3.63) is 0 Å². The first kappa shape index (κ1) is 13.1. The van der Waals surface area contributed by atoms with Gasteiger partial charge in [0.2, 0.25) is 5.91 Å². The summed E-state index contributed by atoms with van der Waals surface area (Å²) in [6, 6.07) is 0.165. The van der Waals surface area contributed by atoms with E-state index in [4.69, 9.17) is 0 Å². The molecule has 5 rings (SSSR count). The Morgan fingerprint density at radius 3 is 1.90 bits per heavy atom. The molecule has 0 spiro atoms. The predicted molar refractivity (Wildman–Crippen MR) is 76.9 cm³/mol. The summed E-state index contributed by atoms with van der Waals surface area (Å²) in [7, 11) is 0. The molecule has 5 saturated carbocycles. The lowest BCUT2D eigenvalue weighted by Crippen LogP contribution is -2.64. The first-order valence-electron chi connectivity index (χ1n) is 8.38. The molecular formula is C17H27NO2. The maximum atomic E-state index is 12.9. The van der Waals surface area contributed by atoms with Crippen LogP contribution in [0.5, 0.6) is 0 Å². The number of hydrogen-bond acceptors (Lipinski definition) is 2. The Morgan fingerprint density at radius 1 is 1.00 bits per heavy atom. The van der Waals surface area contributed by atoms with E-state index in [1.165, 1.54) is 19.3 Å². The highest BCUT2D eigenvalue weighted by atomic mass is 16.3. The van der Waals surface area contributed by atoms with Crippen molar-refractivity contribution in [1.82, 2.24) is 5.32 Å². The van der Waals surface area contributed by atoms with Gasteiger partial charge in [0.05, 0.1) is 6.10 Å². The van der Waals surface area contributed by atoms with E-state index in [9.17, 15) is 9.90 Å². The molecule has 2 N–H and O–H groups in total. The van der Waals surface area contributed by atoms with Crippen molar-refractivity contribution in [3.63, 3.8) is 0 Å². The van der Waals surface area contributed by atoms with E-state index >= 15 is 0 Å². The minimum absolute atomic E-state index is 0.0502. The van der Waals surface area contributed by atoms with E-state index in [0.29, 0.717) is 5.91 Å². The van der Waals surface area contributed by atoms with Crippen molar-refractivity contribution in [1.29, 1.82) is 0 Å². The molecule has 0 aromatic rings. The summed E-state index contributed by atoms with van der Waals surface area (Å²) in [5, 5.41) is 13.1. The monoisotopic (exact) mass is 277 g/mol. The molecule has 0 heterocycles. The lowest BCUT2D eigenvalue weighted by atomic mass is 9.49. The zero-order valence-electron chi connectivity index (χ0n) is 12.7. The van der Waals surface area contributed by atoms with E-state index in [-0.39, 0.29) is 23.0 Å². The summed E-state index contributed by atoms with van der Waals surface area (Å²) >= 11 is 0. The molecule has 3 nitrogen and oxygen atoms in total. The number of rotatable bonds is 2. The van der Waals surface area contributed by atoms with Gasteiger partial charge in [0, 0.05) is 16.9 Å². The second-order valence-electron chi connectivity index (χ2n) is 8.80. The first-order valence-corrected chi connectivity index (χ1v) is 8.38. The number of hydrogen-bond donors (Lipinski definition) is 2. The zero-order valence-corrected chi connectivity index (χ0v) is 12.7. The summed E-state index contributed by atoms with van der Waals surface area (Å²) in [5.41, 5.74) is -0.205. The van der Waals surface area contributed by atoms with E-state index in [1.807, 2.05) is 0 Å². The largest absolute Gasteiger partial charge is 0.392 e. The molecule has 3 heteroatoms. The highest BCUT2D eigenvalue weighted by Crippen LogP contribution is 2.60. The van der Waals surface area contributed by atoms with Gasteiger partial charge in [-0.3, -0.25) is 4.79 Å². The average Bonchev–Trinajstić information content (AvgIpc) is 2.36. The van der Waals surface area contributed by atoms with Crippen LogP contribution in [0.3, 0.4) is 0 Å². The Kier molecular flexibility index (Phi) is 2.62. The van der Waals surface area contributed by atoms with Gasteiger partial charge in [0.1, 0.15) is 0 Å². The normalized spacial score (nSPS) is 51.6. The molecule has 4 bridgehead atoms. The van der Waals surface area contributed by atoms with Crippen LogP contribution < -0.4 is 5.32 Å². The van der Waals surface area contributed by atoms with Gasteiger partial charge >= 0.3 is 0 Å². The van der Waals surface area contributed by atoms with Crippen LogP contribution in [0.25, 0.3) is 0 Å². The maximum Gasteiger partial charge on any atom is 0.226 e. The van der Waals surface area contributed by atoms with Gasteiger partial charge in [-0.15, -0.1) is 0 Å². The van der Waals surface area contributed by atoms with Crippen molar-refractivity contribution < 1.29 is 9.90 Å². The summed E-state index contributed by atoms with van der Waals surface area (Å²) in [5.74, 6) is 2.74. The van der Waals surface area contributed by atoms with Crippen LogP contribution in [-0.4, -0.2) is 23.2 Å². The molecule has 20 heavy (non-hydrogen) atoms. The zero-order chi connectivity index (χ0) is 14.1. The molecule has 1 amide bonds. The number of nitrogens with one attached hydrogen (secondary N) is 1. The minimum atomic E-state index is -0.260. The molecule has 2 atom stereocenters. The Labute approximate surface area is 121 Å². The molecule has 0 aromatic heterocycles. The maximum absolute atomic E-state index is 12.9. The molecule has 0 aliphatic heterocycles. The molecule has 0 saturated heterocycles. The van der Waals surface area contributed by atoms with Crippen LogP contribution in [0.4, 0.5) is 0 Å². The van der Waals surface area contributed by atoms with Gasteiger partial charge in [-0.2, -0.15) is 0 Å². The summed E-state index contributed by atoms with van der Waals surface area (Å²) in [4.78, 5) is 12.9. The Hall–Kier alpha value is -0.570. The van der Waals surface area contributed by atoms with E-state index in [1.54, 1.807) is 0 Å². The number of amides is 1. The molecule has 0 aromatic carbocycles. The molecule has 2 unspecified atom stereocenters. The summed E-state index contributed by atoms with van der Waals surface area (Å²) in [6.45, 7) is 4.12. The Balaban J connectivity index is 1.49. The number of carbonyl (C=O) groups is 1. The quantitative estimate of drug-likeness (QED) is 0.814. The van der Waals surface area contributed by atoms with Gasteiger partial charge < -0.3 is 10.4 Å². The minimum Gasteiger partial charge on any atom is -0.392 e. The molecular weight excluding hydrogens is 250 g/mol. The second-order valence-corrected chi connectivity index (χ2v) is 8.80. The van der Waals surface area contributed by atoms with Gasteiger partial charge in [0.25, 0.3) is 0 Å². The second kappa shape index (κ2) is 4.00. The summed E-state index contributed by atoms with van der Waals surface area (Å²) < 4.78 is 0. The van der Waals surface area contributed by atoms with E-state index in [2.05, 4.69) is 19.2 Å². The van der Waals surface area contributed by atoms with Crippen LogP contribution in [0.2, 0.25) is 0 Å². The van der Waals surface area contributed by atoms with Crippen molar-refractivity contribution in [2.45, 2.75) is 70.9 Å². The number of aliphatic hydroxyl groups excluding tert-OH is 1. The van der Waals surface area contributed by atoms with Gasteiger partial charge in [-0.1, -0.05) is 13.8 Å². The Morgan fingerprint density at radius 2 is 1.50 bits per heavy atom. The van der Waals surface area contributed by atoms with Gasteiger partial charge in [0.15, 0.2) is 0 Å². The first-order chi connectivity index (χ1) is 9.39. The van der Waals surface area contributed by atoms with Crippen molar-refractivity contribution in [2.24, 2.45) is 28.6 Å². The fourth-order valence-corrected chi connectivity index (χ4v) is 5.85. The lowest BCUT2D eigenvalue weighted by Gasteiger charge is -2.57. The van der Waals surface area contributed by atoms with Crippen LogP contribution in [0, 0.1) is 28.6 Å². The van der Waals surface area contributed by atoms with E-state index in [0.717, 1.165) is 43.4 Å². The van der Waals surface area contributed by atoms with Crippen molar-refractivity contribution in [2.75, 3.05) is 0 Å². The lowest BCUT2D eigenvalue weighted by molar-refractivity contribution is -0.153. The highest BCUT2D eigenvalue weighted by Gasteiger charge is 2.56. The smallest absolute Gasteiger partial charge is 0.226 e. The molecule has 0 radical (unpaired) electrons. The average molecular weight is 277 g/mol. The van der Waals surface area contributed by atoms with Gasteiger partial charge in [-0.25, -0.2) is 0 Å². The SMILES string of the molecule is CC1(C)C(O)CC1NC(=O)C12CC3CC(CC(C3)C1)C2. The molecule has 5 aliphatic rings. The van der Waals surface area contributed by atoms with E-state index < -0.39 is 0 Å². The third-order valence-corrected chi connectivity index (χ3v) is 7.04. The van der Waals surface area contributed by atoms with Crippen LogP contribution in [0.1, 0.15) is 58.8 Å². The van der Waals surface area contributed by atoms with Crippen LogP contribution >= 0.6 is 0 Å². The third kappa shape index (κ3) is 1.71. The molecule has 112 valence electrons. The third-order valence-electron chi connectivity index (χ3n) is 7.04. The van der Waals surface area contributed by atoms with Crippen molar-refractivity contribution in [3.8, 4) is 0 Å². The van der Waals surface area contributed by atoms with Crippen LogP contribution in [-0.2, 0) is 4.79 Å². The highest BCUT2D eigenvalue weighted by molar-refractivity contribution is 5.83. The molecule has 5 aliphatic carbocycles. The van der Waals surface area contributed by atoms with Crippen molar-refractivity contribution >= 4 is 5.91 Å².